The molecule has 0 aromatic heterocycles. The number of nitro groups is 1. The zero-order valence-electron chi connectivity index (χ0n) is 10.6. The molecule has 1 aromatic carbocycles. The molecule has 0 amide bonds. The number of hydrogen-bond donors (Lipinski definition) is 2. The molecule has 4 N–H and O–H groups in total. The Labute approximate surface area is 114 Å². The van der Waals surface area contributed by atoms with Gasteiger partial charge in [0.2, 0.25) is 0 Å². The summed E-state index contributed by atoms with van der Waals surface area (Å²) in [6.07, 6.45) is 1.39. The predicted octanol–water partition coefficient (Wildman–Crippen LogP) is 0.552. The number of carbonyl (C=O) groups is 1. The average Bonchev–Trinajstić information content (AvgIpc) is 2.35. The van der Waals surface area contributed by atoms with Crippen molar-refractivity contribution in [1.82, 2.24) is 0 Å². The van der Waals surface area contributed by atoms with E-state index >= 15 is 0 Å². The average molecular weight is 278 g/mol. The molecule has 8 heteroatoms. The molecule has 0 aliphatic heterocycles. The van der Waals surface area contributed by atoms with Crippen LogP contribution < -0.4 is 16.2 Å². The van der Waals surface area contributed by atoms with Crippen LogP contribution in [0.5, 0.6) is 5.75 Å². The zero-order chi connectivity index (χ0) is 14.7. The maximum absolute atomic E-state index is 11.9. The fourth-order valence-electron chi connectivity index (χ4n) is 1.93. The Kier molecular flexibility index (Phi) is 3.83. The van der Waals surface area contributed by atoms with Crippen LogP contribution in [0.2, 0.25) is 0 Å². The van der Waals surface area contributed by atoms with Gasteiger partial charge in [-0.05, 0) is 25.0 Å². The molecule has 1 aromatic rings. The number of nitro benzene ring substituents is 1. The first-order valence-corrected chi connectivity index (χ1v) is 6.02. The van der Waals surface area contributed by atoms with Crippen LogP contribution in [0.15, 0.2) is 29.3 Å². The van der Waals surface area contributed by atoms with Crippen LogP contribution in [0.1, 0.15) is 12.8 Å². The number of esters is 1. The molecule has 1 fully saturated rings. The molecule has 8 nitrogen and oxygen atoms in total. The number of rotatable bonds is 4. The van der Waals surface area contributed by atoms with Gasteiger partial charge < -0.3 is 16.2 Å². The standard InChI is InChI=1S/C12H14N4O4/c13-12(14)15-10-6-5-9(10)11(17)20-8-3-1-7(2-4-8)16(18)19/h1-4,9-10H,5-6H2,(H4,13,14,15). The van der Waals surface area contributed by atoms with Crippen molar-refractivity contribution >= 4 is 17.6 Å². The van der Waals surface area contributed by atoms with Crippen molar-refractivity contribution in [3.63, 3.8) is 0 Å². The summed E-state index contributed by atoms with van der Waals surface area (Å²) in [7, 11) is 0. The van der Waals surface area contributed by atoms with E-state index in [4.69, 9.17) is 16.2 Å². The Balaban J connectivity index is 1.98. The fraction of sp³-hybridized carbons (Fsp3) is 0.333. The van der Waals surface area contributed by atoms with Gasteiger partial charge in [0, 0.05) is 12.1 Å². The monoisotopic (exact) mass is 278 g/mol. The Morgan fingerprint density at radius 1 is 1.30 bits per heavy atom. The van der Waals surface area contributed by atoms with E-state index in [1.54, 1.807) is 0 Å². The number of nitrogens with zero attached hydrogens (tertiary/aromatic N) is 2. The maximum atomic E-state index is 11.9. The summed E-state index contributed by atoms with van der Waals surface area (Å²) in [5, 5.41) is 10.5. The quantitative estimate of drug-likeness (QED) is 0.206. The number of hydrogen-bond acceptors (Lipinski definition) is 5. The molecule has 2 atom stereocenters. The second-order valence-electron chi connectivity index (χ2n) is 4.48. The molecular formula is C12H14N4O4. The normalized spacial score (nSPS) is 20.6. The number of nitrogens with two attached hydrogens (primary N) is 2. The molecule has 106 valence electrons. The smallest absolute Gasteiger partial charge is 0.316 e. The number of aliphatic imine (C=N–C) groups is 1. The summed E-state index contributed by atoms with van der Waals surface area (Å²) < 4.78 is 5.15. The summed E-state index contributed by atoms with van der Waals surface area (Å²) in [4.78, 5) is 25.8. The lowest BCUT2D eigenvalue weighted by molar-refractivity contribution is -0.384. The highest BCUT2D eigenvalue weighted by atomic mass is 16.6. The van der Waals surface area contributed by atoms with Gasteiger partial charge in [0.05, 0.1) is 16.9 Å². The zero-order valence-corrected chi connectivity index (χ0v) is 10.6. The van der Waals surface area contributed by atoms with Gasteiger partial charge in [-0.1, -0.05) is 0 Å². The fourth-order valence-corrected chi connectivity index (χ4v) is 1.93. The third-order valence-corrected chi connectivity index (χ3v) is 3.12. The van der Waals surface area contributed by atoms with Gasteiger partial charge >= 0.3 is 5.97 Å². The molecule has 0 heterocycles. The summed E-state index contributed by atoms with van der Waals surface area (Å²) in [6.45, 7) is 0. The van der Waals surface area contributed by atoms with Crippen LogP contribution in [0.25, 0.3) is 0 Å². The van der Waals surface area contributed by atoms with Crippen LogP contribution in [0, 0.1) is 16.0 Å². The molecule has 20 heavy (non-hydrogen) atoms. The van der Waals surface area contributed by atoms with Gasteiger partial charge in [0.15, 0.2) is 5.96 Å². The second-order valence-corrected chi connectivity index (χ2v) is 4.48. The maximum Gasteiger partial charge on any atom is 0.316 e. The highest BCUT2D eigenvalue weighted by molar-refractivity contribution is 5.79. The van der Waals surface area contributed by atoms with Crippen molar-refractivity contribution in [1.29, 1.82) is 0 Å². The number of ether oxygens (including phenoxy) is 1. The Morgan fingerprint density at radius 3 is 2.40 bits per heavy atom. The van der Waals surface area contributed by atoms with E-state index in [-0.39, 0.29) is 29.4 Å². The SMILES string of the molecule is NC(N)=NC1CCC1C(=O)Oc1ccc([N+](=O)[O-])cc1. The van der Waals surface area contributed by atoms with Gasteiger partial charge in [0.25, 0.3) is 5.69 Å². The molecule has 2 unspecified atom stereocenters. The van der Waals surface area contributed by atoms with Gasteiger partial charge in [-0.2, -0.15) is 0 Å². The molecule has 0 spiro atoms. The van der Waals surface area contributed by atoms with Crippen LogP contribution in [-0.4, -0.2) is 22.9 Å². The summed E-state index contributed by atoms with van der Waals surface area (Å²) in [5.74, 6) is -0.591. The van der Waals surface area contributed by atoms with Gasteiger partial charge in [0.1, 0.15) is 5.75 Å². The highest BCUT2D eigenvalue weighted by Crippen LogP contribution is 2.32. The molecule has 0 bridgehead atoms. The van der Waals surface area contributed by atoms with Crippen LogP contribution in [-0.2, 0) is 4.79 Å². The largest absolute Gasteiger partial charge is 0.426 e. The molecule has 1 aliphatic carbocycles. The van der Waals surface area contributed by atoms with Crippen LogP contribution >= 0.6 is 0 Å². The summed E-state index contributed by atoms with van der Waals surface area (Å²) in [6, 6.07) is 5.06. The van der Waals surface area contributed by atoms with Crippen molar-refractivity contribution in [3.05, 3.63) is 34.4 Å². The van der Waals surface area contributed by atoms with Gasteiger partial charge in [-0.3, -0.25) is 14.9 Å². The Hall–Kier alpha value is -2.64. The minimum atomic E-state index is -0.522. The highest BCUT2D eigenvalue weighted by Gasteiger charge is 2.38. The minimum Gasteiger partial charge on any atom is -0.426 e. The first-order chi connectivity index (χ1) is 9.47. The molecule has 1 saturated carbocycles. The van der Waals surface area contributed by atoms with E-state index in [1.807, 2.05) is 0 Å². The van der Waals surface area contributed by atoms with Crippen molar-refractivity contribution in [2.45, 2.75) is 18.9 Å². The van der Waals surface area contributed by atoms with Gasteiger partial charge in [-0.25, -0.2) is 4.99 Å². The lowest BCUT2D eigenvalue weighted by atomic mass is 9.80. The third-order valence-electron chi connectivity index (χ3n) is 3.12. The first kappa shape index (κ1) is 13.8. The van der Waals surface area contributed by atoms with E-state index in [0.29, 0.717) is 6.42 Å². The lowest BCUT2D eigenvalue weighted by Gasteiger charge is -2.31. The van der Waals surface area contributed by atoms with Crippen molar-refractivity contribution in [2.75, 3.05) is 0 Å². The molecule has 1 aliphatic rings. The molecule has 0 saturated heterocycles. The van der Waals surface area contributed by atoms with Crippen LogP contribution in [0.4, 0.5) is 5.69 Å². The lowest BCUT2D eigenvalue weighted by Crippen LogP contribution is -2.41. The molecular weight excluding hydrogens is 264 g/mol. The number of carbonyl (C=O) groups excluding carboxylic acids is 1. The second kappa shape index (κ2) is 5.55. The topological polar surface area (TPSA) is 134 Å². The van der Waals surface area contributed by atoms with E-state index in [9.17, 15) is 14.9 Å². The van der Waals surface area contributed by atoms with Crippen LogP contribution in [0.3, 0.4) is 0 Å². The number of non-ortho nitro benzene ring substituents is 1. The third kappa shape index (κ3) is 3.02. The Morgan fingerprint density at radius 2 is 1.95 bits per heavy atom. The van der Waals surface area contributed by atoms with Crippen molar-refractivity contribution in [2.24, 2.45) is 22.4 Å². The van der Waals surface area contributed by atoms with E-state index in [1.165, 1.54) is 24.3 Å². The minimum absolute atomic E-state index is 0.0529. The predicted molar refractivity (Wildman–Crippen MR) is 71.1 cm³/mol. The van der Waals surface area contributed by atoms with Crippen molar-refractivity contribution < 1.29 is 14.5 Å². The number of guanidine groups is 1. The summed E-state index contributed by atoms with van der Waals surface area (Å²) in [5.41, 5.74) is 10.5. The number of benzene rings is 1. The Bertz CT molecular complexity index is 551. The van der Waals surface area contributed by atoms with Gasteiger partial charge in [-0.15, -0.1) is 0 Å². The first-order valence-electron chi connectivity index (χ1n) is 6.02. The van der Waals surface area contributed by atoms with E-state index in [2.05, 4.69) is 4.99 Å². The van der Waals surface area contributed by atoms with Crippen molar-refractivity contribution in [3.8, 4) is 5.75 Å². The molecule has 2 rings (SSSR count). The van der Waals surface area contributed by atoms with E-state index < -0.39 is 10.9 Å². The molecule has 0 radical (unpaired) electrons. The van der Waals surface area contributed by atoms with E-state index in [0.717, 1.165) is 6.42 Å². The summed E-state index contributed by atoms with van der Waals surface area (Å²) >= 11 is 0.